The third-order valence-corrected chi connectivity index (χ3v) is 4.93. The SMILES string of the molecule is Cn1nccc1/C=C/C(=O)N[C@@H]1CCC[C@@H](N2CCOCC2)[C@@H]1O. The minimum atomic E-state index is -0.536. The lowest BCUT2D eigenvalue weighted by Crippen LogP contribution is -2.58. The molecule has 2 N–H and O–H groups in total. The van der Waals surface area contributed by atoms with Gasteiger partial charge in [0, 0.05) is 38.5 Å². The number of hydrogen-bond acceptors (Lipinski definition) is 5. The zero-order valence-electron chi connectivity index (χ0n) is 14.1. The van der Waals surface area contributed by atoms with Crippen LogP contribution in [0, 0.1) is 0 Å². The van der Waals surface area contributed by atoms with Crippen molar-refractivity contribution in [3.05, 3.63) is 24.0 Å². The predicted molar refractivity (Wildman–Crippen MR) is 90.2 cm³/mol. The van der Waals surface area contributed by atoms with E-state index in [4.69, 9.17) is 4.74 Å². The highest BCUT2D eigenvalue weighted by molar-refractivity contribution is 5.91. The number of amides is 1. The molecule has 1 aromatic heterocycles. The third-order valence-electron chi connectivity index (χ3n) is 4.93. The Kier molecular flexibility index (Phi) is 5.65. The van der Waals surface area contributed by atoms with Crippen molar-refractivity contribution in [3.63, 3.8) is 0 Å². The fraction of sp³-hybridized carbons (Fsp3) is 0.647. The van der Waals surface area contributed by atoms with Gasteiger partial charge in [-0.05, 0) is 31.4 Å². The number of aryl methyl sites for hydroxylation is 1. The fourth-order valence-electron chi connectivity index (χ4n) is 3.56. The van der Waals surface area contributed by atoms with Crippen LogP contribution in [-0.2, 0) is 16.6 Å². The summed E-state index contributed by atoms with van der Waals surface area (Å²) in [5, 5.41) is 17.7. The van der Waals surface area contributed by atoms with Gasteiger partial charge in [0.2, 0.25) is 5.91 Å². The van der Waals surface area contributed by atoms with E-state index in [-0.39, 0.29) is 18.0 Å². The number of aliphatic hydroxyl groups excluding tert-OH is 1. The zero-order valence-corrected chi connectivity index (χ0v) is 14.1. The number of ether oxygens (including phenoxy) is 1. The van der Waals surface area contributed by atoms with Gasteiger partial charge in [-0.1, -0.05) is 0 Å². The van der Waals surface area contributed by atoms with Gasteiger partial charge >= 0.3 is 0 Å². The maximum Gasteiger partial charge on any atom is 0.244 e. The number of aliphatic hydroxyl groups is 1. The molecule has 0 aromatic carbocycles. The highest BCUT2D eigenvalue weighted by Crippen LogP contribution is 2.24. The second-order valence-corrected chi connectivity index (χ2v) is 6.47. The summed E-state index contributed by atoms with van der Waals surface area (Å²) in [7, 11) is 1.83. The Morgan fingerprint density at radius 1 is 1.42 bits per heavy atom. The number of rotatable bonds is 4. The van der Waals surface area contributed by atoms with Crippen LogP contribution in [0.2, 0.25) is 0 Å². The van der Waals surface area contributed by atoms with Crippen LogP contribution >= 0.6 is 0 Å². The monoisotopic (exact) mass is 334 g/mol. The summed E-state index contributed by atoms with van der Waals surface area (Å²) in [6, 6.07) is 1.75. The molecule has 3 rings (SSSR count). The molecular weight excluding hydrogens is 308 g/mol. The molecule has 0 bridgehead atoms. The Morgan fingerprint density at radius 2 is 2.21 bits per heavy atom. The van der Waals surface area contributed by atoms with E-state index in [2.05, 4.69) is 15.3 Å². The van der Waals surface area contributed by atoms with Crippen LogP contribution in [-0.4, -0.2) is 70.2 Å². The van der Waals surface area contributed by atoms with E-state index in [1.54, 1.807) is 17.0 Å². The van der Waals surface area contributed by atoms with Gasteiger partial charge < -0.3 is 15.2 Å². The second-order valence-electron chi connectivity index (χ2n) is 6.47. The molecule has 2 fully saturated rings. The van der Waals surface area contributed by atoms with Crippen LogP contribution in [0.3, 0.4) is 0 Å². The average Bonchev–Trinajstić information content (AvgIpc) is 3.01. The molecule has 2 aliphatic rings. The van der Waals surface area contributed by atoms with Gasteiger partial charge in [-0.3, -0.25) is 14.4 Å². The minimum absolute atomic E-state index is 0.106. The molecule has 2 heterocycles. The van der Waals surface area contributed by atoms with Crippen molar-refractivity contribution in [1.82, 2.24) is 20.0 Å². The standard InChI is InChI=1S/C17H26N4O3/c1-20-13(7-8-18-20)5-6-16(22)19-14-3-2-4-15(17(14)23)21-9-11-24-12-10-21/h5-8,14-15,17,23H,2-4,9-12H2,1H3,(H,19,22)/b6-5+/t14-,15-,17-/m1/s1. The van der Waals surface area contributed by atoms with Crippen molar-refractivity contribution in [3.8, 4) is 0 Å². The minimum Gasteiger partial charge on any atom is -0.389 e. The van der Waals surface area contributed by atoms with Crippen LogP contribution in [0.25, 0.3) is 6.08 Å². The predicted octanol–water partition coefficient (Wildman–Crippen LogP) is 0.164. The highest BCUT2D eigenvalue weighted by atomic mass is 16.5. The molecule has 0 radical (unpaired) electrons. The maximum absolute atomic E-state index is 12.2. The van der Waals surface area contributed by atoms with Crippen molar-refractivity contribution in [2.24, 2.45) is 7.05 Å². The van der Waals surface area contributed by atoms with Gasteiger partial charge in [-0.15, -0.1) is 0 Å². The largest absolute Gasteiger partial charge is 0.389 e. The highest BCUT2D eigenvalue weighted by Gasteiger charge is 2.36. The Bertz CT molecular complexity index is 580. The third kappa shape index (κ3) is 4.03. The van der Waals surface area contributed by atoms with Crippen molar-refractivity contribution < 1.29 is 14.6 Å². The van der Waals surface area contributed by atoms with Gasteiger partial charge in [0.25, 0.3) is 0 Å². The van der Waals surface area contributed by atoms with E-state index >= 15 is 0 Å². The number of nitrogens with one attached hydrogen (secondary N) is 1. The second kappa shape index (κ2) is 7.92. The van der Waals surface area contributed by atoms with Crippen LogP contribution in [0.5, 0.6) is 0 Å². The van der Waals surface area contributed by atoms with Crippen molar-refractivity contribution in [2.45, 2.75) is 37.5 Å². The number of aromatic nitrogens is 2. The molecular formula is C17H26N4O3. The van der Waals surface area contributed by atoms with E-state index < -0.39 is 6.10 Å². The summed E-state index contributed by atoms with van der Waals surface area (Å²) in [5.41, 5.74) is 0.862. The van der Waals surface area contributed by atoms with E-state index in [9.17, 15) is 9.90 Å². The topological polar surface area (TPSA) is 79.6 Å². The maximum atomic E-state index is 12.2. The van der Waals surface area contributed by atoms with Crippen LogP contribution in [0.4, 0.5) is 0 Å². The number of carbonyl (C=O) groups excluding carboxylic acids is 1. The molecule has 1 saturated carbocycles. The molecule has 1 aliphatic carbocycles. The number of morpholine rings is 1. The van der Waals surface area contributed by atoms with E-state index in [1.807, 2.05) is 13.1 Å². The summed E-state index contributed by atoms with van der Waals surface area (Å²) < 4.78 is 7.09. The van der Waals surface area contributed by atoms with Gasteiger partial charge in [-0.25, -0.2) is 0 Å². The first kappa shape index (κ1) is 17.1. The zero-order chi connectivity index (χ0) is 16.9. The van der Waals surface area contributed by atoms with E-state index in [1.165, 1.54) is 6.08 Å². The molecule has 7 heteroatoms. The van der Waals surface area contributed by atoms with Gasteiger partial charge in [0.15, 0.2) is 0 Å². The van der Waals surface area contributed by atoms with Crippen molar-refractivity contribution >= 4 is 12.0 Å². The quantitative estimate of drug-likeness (QED) is 0.767. The molecule has 1 aromatic rings. The summed E-state index contributed by atoms with van der Waals surface area (Å²) in [6.07, 6.45) is 7.18. The van der Waals surface area contributed by atoms with Crippen LogP contribution in [0.15, 0.2) is 18.3 Å². The van der Waals surface area contributed by atoms with E-state index in [0.717, 1.165) is 38.0 Å². The fourth-order valence-corrected chi connectivity index (χ4v) is 3.56. The molecule has 132 valence electrons. The van der Waals surface area contributed by atoms with Crippen molar-refractivity contribution in [2.75, 3.05) is 26.3 Å². The average molecular weight is 334 g/mol. The van der Waals surface area contributed by atoms with Crippen LogP contribution < -0.4 is 5.32 Å². The molecule has 1 aliphatic heterocycles. The Morgan fingerprint density at radius 3 is 2.92 bits per heavy atom. The van der Waals surface area contributed by atoms with Crippen molar-refractivity contribution in [1.29, 1.82) is 0 Å². The summed E-state index contributed by atoms with van der Waals surface area (Å²) in [6.45, 7) is 3.13. The van der Waals surface area contributed by atoms with Crippen LogP contribution in [0.1, 0.15) is 25.0 Å². The molecule has 3 atom stereocenters. The summed E-state index contributed by atoms with van der Waals surface area (Å²) >= 11 is 0. The molecule has 7 nitrogen and oxygen atoms in total. The Balaban J connectivity index is 1.56. The molecule has 0 spiro atoms. The normalized spacial score (nSPS) is 29.0. The number of hydrogen-bond donors (Lipinski definition) is 2. The molecule has 1 amide bonds. The lowest BCUT2D eigenvalue weighted by atomic mass is 9.86. The molecule has 0 unspecified atom stereocenters. The smallest absolute Gasteiger partial charge is 0.244 e. The molecule has 1 saturated heterocycles. The van der Waals surface area contributed by atoms with Gasteiger partial charge in [0.1, 0.15) is 0 Å². The molecule has 24 heavy (non-hydrogen) atoms. The summed E-state index contributed by atoms with van der Waals surface area (Å²) in [4.78, 5) is 14.5. The lowest BCUT2D eigenvalue weighted by Gasteiger charge is -2.42. The lowest BCUT2D eigenvalue weighted by molar-refractivity contribution is -0.119. The van der Waals surface area contributed by atoms with Gasteiger partial charge in [-0.2, -0.15) is 5.10 Å². The Labute approximate surface area is 142 Å². The van der Waals surface area contributed by atoms with E-state index in [0.29, 0.717) is 13.2 Å². The first-order valence-electron chi connectivity index (χ1n) is 8.61. The first-order chi connectivity index (χ1) is 11.6. The number of carbonyl (C=O) groups is 1. The summed E-state index contributed by atoms with van der Waals surface area (Å²) in [5.74, 6) is -0.178. The van der Waals surface area contributed by atoms with Gasteiger partial charge in [0.05, 0.1) is 31.1 Å². The first-order valence-corrected chi connectivity index (χ1v) is 8.61. The Hall–Kier alpha value is -1.70. The number of nitrogens with zero attached hydrogens (tertiary/aromatic N) is 3.